The molecular weight excluding hydrogens is 290 g/mol. The molecule has 0 spiro atoms. The van der Waals surface area contributed by atoms with Crippen LogP contribution in [-0.4, -0.2) is 54.2 Å². The van der Waals surface area contributed by atoms with Crippen molar-refractivity contribution in [3.63, 3.8) is 0 Å². The fraction of sp³-hybridized carbons (Fsp3) is 0.667. The van der Waals surface area contributed by atoms with Crippen LogP contribution in [0.5, 0.6) is 0 Å². The molecule has 0 radical (unpaired) electrons. The molecule has 2 aliphatic heterocycles. The average molecular weight is 317 g/mol. The maximum atomic E-state index is 12.5. The second-order valence-corrected chi connectivity index (χ2v) is 6.58. The largest absolute Gasteiger partial charge is 0.381 e. The minimum atomic E-state index is 0.00726. The fourth-order valence-corrected chi connectivity index (χ4v) is 3.56. The number of pyridine rings is 1. The Balaban J connectivity index is 1.41. The van der Waals surface area contributed by atoms with Gasteiger partial charge in [0.25, 0.3) is 0 Å². The van der Waals surface area contributed by atoms with Crippen LogP contribution in [0.25, 0.3) is 0 Å². The van der Waals surface area contributed by atoms with Crippen molar-refractivity contribution in [2.75, 3.05) is 26.3 Å². The molecule has 1 N–H and O–H groups in total. The van der Waals surface area contributed by atoms with E-state index in [0.29, 0.717) is 6.04 Å². The van der Waals surface area contributed by atoms with Gasteiger partial charge in [-0.15, -0.1) is 0 Å². The molecule has 3 heterocycles. The second-order valence-electron chi connectivity index (χ2n) is 6.58. The van der Waals surface area contributed by atoms with E-state index < -0.39 is 0 Å². The first-order valence-corrected chi connectivity index (χ1v) is 8.77. The lowest BCUT2D eigenvalue weighted by Gasteiger charge is -2.31. The molecule has 2 saturated heterocycles. The average Bonchev–Trinajstić information content (AvgIpc) is 2.95. The molecule has 0 saturated carbocycles. The zero-order chi connectivity index (χ0) is 16.1. The zero-order valence-electron chi connectivity index (χ0n) is 14.0. The number of nitrogens with zero attached hydrogens (tertiary/aromatic N) is 2. The lowest BCUT2D eigenvalue weighted by molar-refractivity contribution is -0.132. The number of ether oxygens (including phenoxy) is 1. The van der Waals surface area contributed by atoms with E-state index in [1.807, 2.05) is 12.4 Å². The Hall–Kier alpha value is -1.46. The summed E-state index contributed by atoms with van der Waals surface area (Å²) in [6.45, 7) is 5.47. The van der Waals surface area contributed by atoms with Gasteiger partial charge in [0.05, 0.1) is 6.04 Å². The van der Waals surface area contributed by atoms with E-state index >= 15 is 0 Å². The highest BCUT2D eigenvalue weighted by molar-refractivity contribution is 5.84. The van der Waals surface area contributed by atoms with Crippen LogP contribution in [0.3, 0.4) is 0 Å². The number of aryl methyl sites for hydroxylation is 2. The van der Waals surface area contributed by atoms with Crippen LogP contribution in [0.4, 0.5) is 0 Å². The Morgan fingerprint density at radius 1 is 1.35 bits per heavy atom. The van der Waals surface area contributed by atoms with E-state index in [2.05, 4.69) is 28.2 Å². The monoisotopic (exact) mass is 317 g/mol. The molecule has 2 aliphatic rings. The maximum Gasteiger partial charge on any atom is 0.240 e. The van der Waals surface area contributed by atoms with Gasteiger partial charge in [-0.25, -0.2) is 0 Å². The summed E-state index contributed by atoms with van der Waals surface area (Å²) in [5.74, 6) is 0.287. The lowest BCUT2D eigenvalue weighted by Crippen LogP contribution is -2.45. The van der Waals surface area contributed by atoms with Crippen LogP contribution < -0.4 is 5.32 Å². The Morgan fingerprint density at radius 2 is 2.17 bits per heavy atom. The predicted molar refractivity (Wildman–Crippen MR) is 89.3 cm³/mol. The highest BCUT2D eigenvalue weighted by Gasteiger charge is 2.35. The van der Waals surface area contributed by atoms with E-state index in [0.717, 1.165) is 58.4 Å². The van der Waals surface area contributed by atoms with Crippen molar-refractivity contribution < 1.29 is 9.53 Å². The molecule has 1 atom stereocenters. The standard InChI is InChI=1S/C18H27N3O2/c1-14-4-9-19-13-15(14)3-2-8-20-17-5-10-21(18(17)22)16-6-11-23-12-7-16/h4,9,13,16-17,20H,2-3,5-8,10-12H2,1H3. The lowest BCUT2D eigenvalue weighted by atomic mass is 10.1. The first kappa shape index (κ1) is 16.4. The number of nitrogens with one attached hydrogen (secondary N) is 1. The van der Waals surface area contributed by atoms with Gasteiger partial charge in [-0.2, -0.15) is 0 Å². The summed E-state index contributed by atoms with van der Waals surface area (Å²) in [5, 5.41) is 3.45. The summed E-state index contributed by atoms with van der Waals surface area (Å²) >= 11 is 0. The third-order valence-electron chi connectivity index (χ3n) is 5.03. The van der Waals surface area contributed by atoms with Gasteiger partial charge >= 0.3 is 0 Å². The molecule has 1 aromatic rings. The minimum Gasteiger partial charge on any atom is -0.381 e. The van der Waals surface area contributed by atoms with E-state index in [1.54, 1.807) is 0 Å². The quantitative estimate of drug-likeness (QED) is 0.811. The molecular formula is C18H27N3O2. The van der Waals surface area contributed by atoms with Gasteiger partial charge in [-0.3, -0.25) is 9.78 Å². The van der Waals surface area contributed by atoms with Crippen molar-refractivity contribution in [2.24, 2.45) is 0 Å². The van der Waals surface area contributed by atoms with Crippen molar-refractivity contribution in [3.05, 3.63) is 29.6 Å². The van der Waals surface area contributed by atoms with E-state index in [-0.39, 0.29) is 11.9 Å². The van der Waals surface area contributed by atoms with Crippen molar-refractivity contribution in [3.8, 4) is 0 Å². The third-order valence-corrected chi connectivity index (χ3v) is 5.03. The van der Waals surface area contributed by atoms with Crippen LogP contribution in [0.15, 0.2) is 18.5 Å². The SMILES string of the molecule is Cc1ccncc1CCCNC1CCN(C2CCOCC2)C1=O. The number of likely N-dealkylation sites (tertiary alicyclic amines) is 1. The highest BCUT2D eigenvalue weighted by atomic mass is 16.5. The molecule has 23 heavy (non-hydrogen) atoms. The number of hydrogen-bond donors (Lipinski definition) is 1. The second kappa shape index (κ2) is 7.88. The highest BCUT2D eigenvalue weighted by Crippen LogP contribution is 2.21. The molecule has 1 amide bonds. The van der Waals surface area contributed by atoms with Crippen LogP contribution >= 0.6 is 0 Å². The summed E-state index contributed by atoms with van der Waals surface area (Å²) in [7, 11) is 0. The first-order chi connectivity index (χ1) is 11.3. The number of carbonyl (C=O) groups excluding carboxylic acids is 1. The number of amides is 1. The molecule has 5 nitrogen and oxygen atoms in total. The van der Waals surface area contributed by atoms with Crippen LogP contribution in [0.1, 0.15) is 36.8 Å². The van der Waals surface area contributed by atoms with Gasteiger partial charge in [0, 0.05) is 38.2 Å². The smallest absolute Gasteiger partial charge is 0.240 e. The minimum absolute atomic E-state index is 0.00726. The van der Waals surface area contributed by atoms with Crippen LogP contribution in [0, 0.1) is 6.92 Å². The van der Waals surface area contributed by atoms with Crippen molar-refractivity contribution in [1.82, 2.24) is 15.2 Å². The van der Waals surface area contributed by atoms with Crippen LogP contribution in [0.2, 0.25) is 0 Å². The van der Waals surface area contributed by atoms with Gasteiger partial charge in [-0.05, 0) is 62.8 Å². The molecule has 0 bridgehead atoms. The topological polar surface area (TPSA) is 54.5 Å². The fourth-order valence-electron chi connectivity index (χ4n) is 3.56. The normalized spacial score (nSPS) is 22.7. The van der Waals surface area contributed by atoms with Gasteiger partial charge in [0.2, 0.25) is 5.91 Å². The molecule has 0 aliphatic carbocycles. The molecule has 2 fully saturated rings. The van der Waals surface area contributed by atoms with Gasteiger partial charge in [0.1, 0.15) is 0 Å². The number of rotatable bonds is 6. The molecule has 0 aromatic carbocycles. The molecule has 5 heteroatoms. The molecule has 126 valence electrons. The first-order valence-electron chi connectivity index (χ1n) is 8.77. The van der Waals surface area contributed by atoms with Crippen molar-refractivity contribution in [1.29, 1.82) is 0 Å². The summed E-state index contributed by atoms with van der Waals surface area (Å²) in [4.78, 5) is 18.8. The number of hydrogen-bond acceptors (Lipinski definition) is 4. The maximum absolute atomic E-state index is 12.5. The number of aromatic nitrogens is 1. The zero-order valence-corrected chi connectivity index (χ0v) is 14.0. The summed E-state index contributed by atoms with van der Waals surface area (Å²) < 4.78 is 5.39. The van der Waals surface area contributed by atoms with Crippen molar-refractivity contribution in [2.45, 2.75) is 51.1 Å². The molecule has 1 unspecified atom stereocenters. The third kappa shape index (κ3) is 4.09. The summed E-state index contributed by atoms with van der Waals surface area (Å²) in [5.41, 5.74) is 2.60. The van der Waals surface area contributed by atoms with E-state index in [1.165, 1.54) is 11.1 Å². The Bertz CT molecular complexity index is 529. The Kier molecular flexibility index (Phi) is 5.62. The van der Waals surface area contributed by atoms with Gasteiger partial charge in [0.15, 0.2) is 0 Å². The van der Waals surface area contributed by atoms with Crippen LogP contribution in [-0.2, 0) is 16.0 Å². The van der Waals surface area contributed by atoms with Gasteiger partial charge < -0.3 is 15.0 Å². The summed E-state index contributed by atoms with van der Waals surface area (Å²) in [6, 6.07) is 2.45. The predicted octanol–water partition coefficient (Wildman–Crippen LogP) is 1.69. The summed E-state index contributed by atoms with van der Waals surface area (Å²) in [6.07, 6.45) is 8.73. The number of carbonyl (C=O) groups is 1. The van der Waals surface area contributed by atoms with Gasteiger partial charge in [-0.1, -0.05) is 0 Å². The molecule has 3 rings (SSSR count). The Morgan fingerprint density at radius 3 is 2.96 bits per heavy atom. The molecule has 1 aromatic heterocycles. The van der Waals surface area contributed by atoms with Crippen molar-refractivity contribution >= 4 is 5.91 Å². The van der Waals surface area contributed by atoms with E-state index in [4.69, 9.17) is 4.74 Å². The Labute approximate surface area is 138 Å². The van der Waals surface area contributed by atoms with E-state index in [9.17, 15) is 4.79 Å².